The Morgan fingerprint density at radius 3 is 2.53 bits per heavy atom. The van der Waals surface area contributed by atoms with Gasteiger partial charge in [-0.2, -0.15) is 0 Å². The molecule has 6 heteroatoms. The van der Waals surface area contributed by atoms with Gasteiger partial charge in [-0.1, -0.05) is 31.3 Å². The Balaban J connectivity index is 4.56. The van der Waals surface area contributed by atoms with Crippen LogP contribution < -0.4 is 5.50 Å². The molecule has 0 radical (unpaired) electrons. The molecule has 0 aromatic carbocycles. The summed E-state index contributed by atoms with van der Waals surface area (Å²) in [7, 11) is 0. The Bertz CT molecular complexity index is 281. The zero-order valence-electron chi connectivity index (χ0n) is 9.47. The van der Waals surface area contributed by atoms with E-state index in [1.165, 1.54) is 17.7 Å². The van der Waals surface area contributed by atoms with Crippen LogP contribution in [0.15, 0.2) is 12.7 Å². The third kappa shape index (κ3) is 5.40. The largest absolute Gasteiger partial charge is 0.292 e. The molecule has 4 nitrogen and oxygen atoms in total. The first-order chi connectivity index (χ1) is 6.81. The molecular weight excluding hydrogens is 231 g/mol. The van der Waals surface area contributed by atoms with Gasteiger partial charge in [0.2, 0.25) is 5.91 Å². The molecule has 15 heavy (non-hydrogen) atoms. The minimum absolute atomic E-state index is 0.230. The minimum Gasteiger partial charge on any atom is -0.275 e. The molecule has 0 aromatic rings. The van der Waals surface area contributed by atoms with E-state index in [1.807, 2.05) is 13.8 Å². The summed E-state index contributed by atoms with van der Waals surface area (Å²) in [4.78, 5) is 11.2. The third-order valence-electron chi connectivity index (χ3n) is 1.59. The predicted octanol–water partition coefficient (Wildman–Crippen LogP) is 2.48. The number of hydrogen-bond donors (Lipinski definition) is 1. The first kappa shape index (κ1) is 14.8. The molecule has 0 heterocycles. The normalized spacial score (nSPS) is 14.7. The summed E-state index contributed by atoms with van der Waals surface area (Å²) >= 11 is 1.15. The summed E-state index contributed by atoms with van der Waals surface area (Å²) in [6.07, 6.45) is 1.52. The number of carbonyl (C=O) groups is 1. The Hall–Kier alpha value is -0.250. The Kier molecular flexibility index (Phi) is 6.25. The van der Waals surface area contributed by atoms with Gasteiger partial charge in [0.05, 0.1) is 0 Å². The van der Waals surface area contributed by atoms with Crippen molar-refractivity contribution in [3.8, 4) is 0 Å². The van der Waals surface area contributed by atoms with Crippen molar-refractivity contribution >= 4 is 23.9 Å². The maximum atomic E-state index is 12.0. The van der Waals surface area contributed by atoms with E-state index in [9.17, 15) is 9.36 Å². The summed E-state index contributed by atoms with van der Waals surface area (Å²) in [5.41, 5.74) is 5.67. The van der Waals surface area contributed by atoms with Crippen LogP contribution in [0.25, 0.3) is 0 Å². The van der Waals surface area contributed by atoms with Gasteiger partial charge in [-0.05, 0) is 5.92 Å². The highest BCUT2D eigenvalue weighted by atomic mass is 32.7. The average molecular weight is 250 g/mol. The van der Waals surface area contributed by atoms with E-state index in [2.05, 4.69) is 6.58 Å². The van der Waals surface area contributed by atoms with Crippen LogP contribution in [-0.2, 0) is 9.36 Å². The van der Waals surface area contributed by atoms with Crippen LogP contribution >= 0.6 is 18.0 Å². The van der Waals surface area contributed by atoms with Crippen LogP contribution in [0.5, 0.6) is 0 Å². The molecular formula is C9H19N2O2PS. The highest BCUT2D eigenvalue weighted by Gasteiger charge is 2.28. The fraction of sp³-hybridized carbons (Fsp3) is 0.667. The molecule has 2 N–H and O–H groups in total. The maximum absolute atomic E-state index is 12.0. The topological polar surface area (TPSA) is 63.4 Å². The second-order valence-corrected chi connectivity index (χ2v) is 8.19. The van der Waals surface area contributed by atoms with Gasteiger partial charge in [0.1, 0.15) is 0 Å². The van der Waals surface area contributed by atoms with Crippen molar-refractivity contribution in [1.29, 1.82) is 0 Å². The summed E-state index contributed by atoms with van der Waals surface area (Å²) in [5, 5.41) is 0. The van der Waals surface area contributed by atoms with Gasteiger partial charge in [-0.15, -0.1) is 6.58 Å². The molecule has 1 atom stereocenters. The van der Waals surface area contributed by atoms with Gasteiger partial charge in [-0.25, -0.2) is 0 Å². The second-order valence-electron chi connectivity index (χ2n) is 3.64. The van der Waals surface area contributed by atoms with Crippen molar-refractivity contribution in [3.63, 3.8) is 0 Å². The van der Waals surface area contributed by atoms with Crippen LogP contribution in [-0.4, -0.2) is 22.9 Å². The number of nitrogens with zero attached hydrogens (tertiary/aromatic N) is 1. The molecule has 0 rings (SSSR count). The molecule has 1 amide bonds. The van der Waals surface area contributed by atoms with Crippen LogP contribution in [0.1, 0.15) is 20.8 Å². The van der Waals surface area contributed by atoms with Gasteiger partial charge >= 0.3 is 0 Å². The lowest BCUT2D eigenvalue weighted by atomic mass is 10.3. The van der Waals surface area contributed by atoms with E-state index in [0.717, 1.165) is 11.4 Å². The molecule has 88 valence electrons. The lowest BCUT2D eigenvalue weighted by Crippen LogP contribution is -2.28. The van der Waals surface area contributed by atoms with E-state index in [0.29, 0.717) is 11.7 Å². The Labute approximate surface area is 95.5 Å². The lowest BCUT2D eigenvalue weighted by molar-refractivity contribution is -0.123. The quantitative estimate of drug-likeness (QED) is 0.581. The molecule has 0 saturated heterocycles. The predicted molar refractivity (Wildman–Crippen MR) is 66.7 cm³/mol. The van der Waals surface area contributed by atoms with Crippen LogP contribution in [0.2, 0.25) is 0 Å². The Morgan fingerprint density at radius 1 is 1.67 bits per heavy atom. The van der Waals surface area contributed by atoms with Crippen molar-refractivity contribution < 1.29 is 9.36 Å². The standard InChI is InChI=1S/C9H19N2O2PS/c1-5-6-11(9(4)12)14(10,13)15-7-8(2)3/h5,8H,1,6-7H2,2-4H3,(H2,10,13). The lowest BCUT2D eigenvalue weighted by Gasteiger charge is -2.26. The monoisotopic (exact) mass is 250 g/mol. The van der Waals surface area contributed by atoms with Gasteiger partial charge < -0.3 is 0 Å². The Morgan fingerprint density at radius 2 is 2.20 bits per heavy atom. The van der Waals surface area contributed by atoms with Gasteiger partial charge in [0.15, 0.2) is 0 Å². The summed E-state index contributed by atoms with van der Waals surface area (Å²) < 4.78 is 13.2. The van der Waals surface area contributed by atoms with Crippen molar-refractivity contribution in [2.45, 2.75) is 20.8 Å². The molecule has 0 aromatic heterocycles. The van der Waals surface area contributed by atoms with Crippen molar-refractivity contribution in [2.75, 3.05) is 12.3 Å². The molecule has 0 bridgehead atoms. The second kappa shape index (κ2) is 6.36. The van der Waals surface area contributed by atoms with Gasteiger partial charge in [0, 0.05) is 19.2 Å². The number of rotatable bonds is 6. The third-order valence-corrected chi connectivity index (χ3v) is 6.05. The van der Waals surface area contributed by atoms with Crippen LogP contribution in [0.4, 0.5) is 0 Å². The minimum atomic E-state index is -3.10. The summed E-state index contributed by atoms with van der Waals surface area (Å²) in [5.74, 6) is 0.788. The fourth-order valence-corrected chi connectivity index (χ4v) is 4.77. The zero-order chi connectivity index (χ0) is 12.1. The molecule has 1 unspecified atom stereocenters. The molecule has 0 aliphatic rings. The van der Waals surface area contributed by atoms with E-state index in [-0.39, 0.29) is 12.5 Å². The van der Waals surface area contributed by atoms with Crippen molar-refractivity contribution in [1.82, 2.24) is 4.67 Å². The summed E-state index contributed by atoms with van der Waals surface area (Å²) in [6.45, 7) is 6.03. The van der Waals surface area contributed by atoms with E-state index >= 15 is 0 Å². The van der Waals surface area contributed by atoms with E-state index < -0.39 is 6.65 Å². The van der Waals surface area contributed by atoms with E-state index in [1.54, 1.807) is 0 Å². The number of hydrogen-bond acceptors (Lipinski definition) is 3. The SMILES string of the molecule is C=CCN(C(C)=O)P(N)(=O)SCC(C)C. The van der Waals surface area contributed by atoms with Crippen LogP contribution in [0.3, 0.4) is 0 Å². The van der Waals surface area contributed by atoms with Crippen LogP contribution in [0, 0.1) is 5.92 Å². The van der Waals surface area contributed by atoms with E-state index in [4.69, 9.17) is 5.50 Å². The molecule has 0 saturated carbocycles. The van der Waals surface area contributed by atoms with Gasteiger partial charge in [-0.3, -0.25) is 19.5 Å². The van der Waals surface area contributed by atoms with Crippen molar-refractivity contribution in [3.05, 3.63) is 12.7 Å². The molecule has 0 aliphatic carbocycles. The van der Waals surface area contributed by atoms with Gasteiger partial charge in [0.25, 0.3) is 6.65 Å². The molecule has 0 spiro atoms. The smallest absolute Gasteiger partial charge is 0.275 e. The highest BCUT2D eigenvalue weighted by Crippen LogP contribution is 2.54. The number of amides is 1. The molecule has 0 aliphatic heterocycles. The maximum Gasteiger partial charge on any atom is 0.292 e. The molecule has 0 fully saturated rings. The highest BCUT2D eigenvalue weighted by molar-refractivity contribution is 8.56. The summed E-state index contributed by atoms with van der Waals surface area (Å²) in [6, 6.07) is 0. The zero-order valence-corrected chi connectivity index (χ0v) is 11.2. The fourth-order valence-electron chi connectivity index (χ4n) is 0.886. The first-order valence-corrected chi connectivity index (χ1v) is 8.05. The average Bonchev–Trinajstić information content (AvgIpc) is 2.10. The number of carbonyl (C=O) groups excluding carboxylic acids is 1. The van der Waals surface area contributed by atoms with Crippen molar-refractivity contribution in [2.24, 2.45) is 11.4 Å². The number of nitrogens with two attached hydrogens (primary N) is 1. The first-order valence-electron chi connectivity index (χ1n) is 4.74.